The Balaban J connectivity index is 4.31. The van der Waals surface area contributed by atoms with Gasteiger partial charge < -0.3 is 27.9 Å². The van der Waals surface area contributed by atoms with Crippen molar-refractivity contribution in [3.63, 3.8) is 0 Å². The first-order valence-corrected chi connectivity index (χ1v) is 24.9. The Hall–Kier alpha value is -1.25. The summed E-state index contributed by atoms with van der Waals surface area (Å²) in [5.74, 6) is -0.832. The summed E-state index contributed by atoms with van der Waals surface area (Å²) in [5, 5.41) is 0. The third-order valence-electron chi connectivity index (χ3n) is 10.3. The molecule has 0 heterocycles. The lowest BCUT2D eigenvalue weighted by Crippen LogP contribution is -2.37. The molecule has 0 spiro atoms. The van der Waals surface area contributed by atoms with Gasteiger partial charge in [-0.1, -0.05) is 180 Å². The van der Waals surface area contributed by atoms with Gasteiger partial charge >= 0.3 is 11.9 Å². The number of phosphoric ester groups is 1. The van der Waals surface area contributed by atoms with Gasteiger partial charge in [0.05, 0.1) is 27.7 Å². The molecule has 0 aliphatic carbocycles. The Morgan fingerprint density at radius 3 is 1.32 bits per heavy atom. The SMILES string of the molecule is CCCCCCCCC/C=C\CCCCCCCC(=O)OC(COC(=O)CCCCCCCCCCCCCCCCCC)COP(=O)([O-])OCC[N+](C)(C)C. The normalized spacial score (nSPS) is 13.6. The predicted octanol–water partition coefficient (Wildman–Crippen LogP) is 12.7. The van der Waals surface area contributed by atoms with Crippen molar-refractivity contribution in [1.29, 1.82) is 0 Å². The molecule has 9 nitrogen and oxygen atoms in total. The molecule has 10 heteroatoms. The zero-order valence-electron chi connectivity index (χ0n) is 37.3. The molecule has 0 aromatic heterocycles. The van der Waals surface area contributed by atoms with Crippen molar-refractivity contribution in [2.45, 2.75) is 225 Å². The molecule has 0 saturated heterocycles. The van der Waals surface area contributed by atoms with Crippen molar-refractivity contribution < 1.29 is 42.1 Å². The molecule has 0 aromatic rings. The monoisotopic (exact) mass is 816 g/mol. The summed E-state index contributed by atoms with van der Waals surface area (Å²) in [6.07, 6.45) is 40.9. The summed E-state index contributed by atoms with van der Waals surface area (Å²) in [7, 11) is 1.17. The van der Waals surface area contributed by atoms with Crippen molar-refractivity contribution in [3.05, 3.63) is 12.2 Å². The molecule has 0 fully saturated rings. The minimum atomic E-state index is -4.62. The van der Waals surface area contributed by atoms with Gasteiger partial charge in [-0.2, -0.15) is 0 Å². The predicted molar refractivity (Wildman–Crippen MR) is 231 cm³/mol. The van der Waals surface area contributed by atoms with E-state index in [2.05, 4.69) is 26.0 Å². The topological polar surface area (TPSA) is 111 Å². The number of ether oxygens (including phenoxy) is 2. The number of quaternary nitrogens is 1. The highest BCUT2D eigenvalue weighted by Crippen LogP contribution is 2.38. The molecule has 2 unspecified atom stereocenters. The molecular weight excluding hydrogens is 725 g/mol. The van der Waals surface area contributed by atoms with E-state index in [0.717, 1.165) is 51.4 Å². The van der Waals surface area contributed by atoms with Crippen LogP contribution in [0.15, 0.2) is 12.2 Å². The maximum atomic E-state index is 12.7. The first-order valence-electron chi connectivity index (χ1n) is 23.4. The number of nitrogens with zero attached hydrogens (tertiary/aromatic N) is 1. The second-order valence-corrected chi connectivity index (χ2v) is 18.5. The largest absolute Gasteiger partial charge is 0.756 e. The number of phosphoric acid groups is 1. The second kappa shape index (κ2) is 39.2. The van der Waals surface area contributed by atoms with Crippen molar-refractivity contribution in [3.8, 4) is 0 Å². The summed E-state index contributed by atoms with van der Waals surface area (Å²) < 4.78 is 33.9. The molecule has 0 N–H and O–H groups in total. The lowest BCUT2D eigenvalue weighted by Gasteiger charge is -2.28. The maximum Gasteiger partial charge on any atom is 0.306 e. The lowest BCUT2D eigenvalue weighted by atomic mass is 10.0. The van der Waals surface area contributed by atoms with Gasteiger partial charge in [0.2, 0.25) is 0 Å². The number of carbonyl (C=O) groups excluding carboxylic acids is 2. The smallest absolute Gasteiger partial charge is 0.306 e. The van der Waals surface area contributed by atoms with Gasteiger partial charge in [-0.25, -0.2) is 0 Å². The van der Waals surface area contributed by atoms with Gasteiger partial charge in [-0.3, -0.25) is 14.2 Å². The Kier molecular flexibility index (Phi) is 38.3. The molecule has 0 aromatic carbocycles. The maximum absolute atomic E-state index is 12.7. The van der Waals surface area contributed by atoms with E-state index in [4.69, 9.17) is 18.5 Å². The zero-order chi connectivity index (χ0) is 41.4. The van der Waals surface area contributed by atoms with Crippen molar-refractivity contribution in [2.24, 2.45) is 0 Å². The number of esters is 2. The minimum Gasteiger partial charge on any atom is -0.756 e. The summed E-state index contributed by atoms with van der Waals surface area (Å²) >= 11 is 0. The van der Waals surface area contributed by atoms with Gasteiger partial charge in [0, 0.05) is 12.8 Å². The molecule has 0 amide bonds. The molecule has 0 radical (unpaired) electrons. The van der Waals surface area contributed by atoms with Crippen LogP contribution >= 0.6 is 7.82 Å². The van der Waals surface area contributed by atoms with Crippen LogP contribution < -0.4 is 4.89 Å². The first kappa shape index (κ1) is 54.8. The number of hydrogen-bond donors (Lipinski definition) is 0. The van der Waals surface area contributed by atoms with Crippen LogP contribution in [0, 0.1) is 0 Å². The molecule has 0 bridgehead atoms. The fourth-order valence-electron chi connectivity index (χ4n) is 6.59. The van der Waals surface area contributed by atoms with Crippen LogP contribution in [0.4, 0.5) is 0 Å². The second-order valence-electron chi connectivity index (χ2n) is 17.1. The minimum absolute atomic E-state index is 0.0292. The highest BCUT2D eigenvalue weighted by molar-refractivity contribution is 7.45. The van der Waals surface area contributed by atoms with E-state index in [-0.39, 0.29) is 32.0 Å². The Morgan fingerprint density at radius 1 is 0.536 bits per heavy atom. The average molecular weight is 816 g/mol. The van der Waals surface area contributed by atoms with E-state index < -0.39 is 26.5 Å². The molecule has 332 valence electrons. The quantitative estimate of drug-likeness (QED) is 0.0197. The van der Waals surface area contributed by atoms with E-state index in [0.29, 0.717) is 17.4 Å². The van der Waals surface area contributed by atoms with Gasteiger partial charge in [0.1, 0.15) is 19.8 Å². The Morgan fingerprint density at radius 2 is 0.911 bits per heavy atom. The van der Waals surface area contributed by atoms with Crippen LogP contribution in [0.1, 0.15) is 219 Å². The number of unbranched alkanes of at least 4 members (excludes halogenated alkanes) is 27. The standard InChI is InChI=1S/C46H90NO8P/c1-6-8-10-12-14-16-18-20-22-24-26-28-30-32-34-36-38-45(48)52-42-44(43-54-56(50,51)53-41-40-47(3,4)5)55-46(49)39-37-35-33-31-29-27-25-23-21-19-17-15-13-11-9-7-2/h23,25,44H,6-22,24,26-43H2,1-5H3/b25-23-. The van der Waals surface area contributed by atoms with Gasteiger partial charge in [0.25, 0.3) is 7.82 Å². The third-order valence-corrected chi connectivity index (χ3v) is 11.2. The number of carbonyl (C=O) groups is 2. The summed E-state index contributed by atoms with van der Waals surface area (Å²) in [5.41, 5.74) is 0. The Labute approximate surface area is 346 Å². The van der Waals surface area contributed by atoms with E-state index in [1.807, 2.05) is 21.1 Å². The van der Waals surface area contributed by atoms with Crippen LogP contribution in [-0.2, 0) is 32.7 Å². The fraction of sp³-hybridized carbons (Fsp3) is 0.913. The average Bonchev–Trinajstić information content (AvgIpc) is 3.15. The first-order chi connectivity index (χ1) is 27.0. The lowest BCUT2D eigenvalue weighted by molar-refractivity contribution is -0.870. The summed E-state index contributed by atoms with van der Waals surface area (Å²) in [4.78, 5) is 37.6. The number of allylic oxidation sites excluding steroid dienone is 2. The molecule has 0 aliphatic heterocycles. The van der Waals surface area contributed by atoms with E-state index in [9.17, 15) is 19.0 Å². The van der Waals surface area contributed by atoms with Gasteiger partial charge in [-0.05, 0) is 38.5 Å². The van der Waals surface area contributed by atoms with Gasteiger partial charge in [-0.15, -0.1) is 0 Å². The molecule has 0 saturated carbocycles. The highest BCUT2D eigenvalue weighted by Gasteiger charge is 2.21. The van der Waals surface area contributed by atoms with Crippen LogP contribution in [0.25, 0.3) is 0 Å². The van der Waals surface area contributed by atoms with E-state index >= 15 is 0 Å². The zero-order valence-corrected chi connectivity index (χ0v) is 38.2. The molecular formula is C46H90NO8P. The molecule has 2 atom stereocenters. The highest BCUT2D eigenvalue weighted by atomic mass is 31.2. The number of likely N-dealkylation sites (N-methyl/N-ethyl adjacent to an activating group) is 1. The summed E-state index contributed by atoms with van der Waals surface area (Å²) in [6.45, 7) is 4.25. The van der Waals surface area contributed by atoms with Crippen LogP contribution in [0.2, 0.25) is 0 Å². The van der Waals surface area contributed by atoms with Crippen molar-refractivity contribution in [2.75, 3.05) is 47.5 Å². The Bertz CT molecular complexity index is 969. The van der Waals surface area contributed by atoms with Crippen molar-refractivity contribution >= 4 is 19.8 Å². The van der Waals surface area contributed by atoms with Crippen LogP contribution in [0.5, 0.6) is 0 Å². The molecule has 0 aliphatic rings. The van der Waals surface area contributed by atoms with Crippen LogP contribution in [-0.4, -0.2) is 70.0 Å². The molecule has 0 rings (SSSR count). The summed E-state index contributed by atoms with van der Waals surface area (Å²) in [6, 6.07) is 0. The van der Waals surface area contributed by atoms with Crippen molar-refractivity contribution in [1.82, 2.24) is 0 Å². The molecule has 56 heavy (non-hydrogen) atoms. The van der Waals surface area contributed by atoms with Crippen LogP contribution in [0.3, 0.4) is 0 Å². The third kappa shape index (κ3) is 42.4. The van der Waals surface area contributed by atoms with E-state index in [1.54, 1.807) is 0 Å². The number of rotatable bonds is 43. The number of hydrogen-bond acceptors (Lipinski definition) is 8. The van der Waals surface area contributed by atoms with Gasteiger partial charge in [0.15, 0.2) is 6.10 Å². The fourth-order valence-corrected chi connectivity index (χ4v) is 7.32. The van der Waals surface area contributed by atoms with E-state index in [1.165, 1.54) is 135 Å².